The van der Waals surface area contributed by atoms with Gasteiger partial charge in [0.15, 0.2) is 6.67 Å². The zero-order valence-corrected chi connectivity index (χ0v) is 9.90. The van der Waals surface area contributed by atoms with Crippen molar-refractivity contribution in [3.05, 3.63) is 12.2 Å². The molecule has 1 rings (SSSR count). The number of esters is 1. The number of halogens is 3. The molecule has 17 heavy (non-hydrogen) atoms. The molecule has 0 aromatic carbocycles. The van der Waals surface area contributed by atoms with E-state index in [2.05, 4.69) is 6.58 Å². The second kappa shape index (κ2) is 5.10. The molecule has 0 heterocycles. The van der Waals surface area contributed by atoms with E-state index in [1.54, 1.807) is 0 Å². The molecule has 1 aliphatic carbocycles. The highest BCUT2D eigenvalue weighted by Crippen LogP contribution is 2.41. The lowest BCUT2D eigenvalue weighted by Gasteiger charge is -2.31. The van der Waals surface area contributed by atoms with Crippen LogP contribution in [-0.4, -0.2) is 24.2 Å². The summed E-state index contributed by atoms with van der Waals surface area (Å²) >= 11 is 0. The van der Waals surface area contributed by atoms with Gasteiger partial charge in [-0.15, -0.1) is 0 Å². The first-order valence-corrected chi connectivity index (χ1v) is 5.63. The summed E-state index contributed by atoms with van der Waals surface area (Å²) in [6, 6.07) is 0. The topological polar surface area (TPSA) is 26.3 Å². The Balaban J connectivity index is 2.76. The minimum absolute atomic E-state index is 0.167. The lowest BCUT2D eigenvalue weighted by molar-refractivity contribution is -0.165. The Morgan fingerprint density at radius 2 is 1.94 bits per heavy atom. The summed E-state index contributed by atoms with van der Waals surface area (Å²) in [5.74, 6) is -4.11. The van der Waals surface area contributed by atoms with E-state index in [-0.39, 0.29) is 5.57 Å². The van der Waals surface area contributed by atoms with E-state index in [1.807, 2.05) is 0 Å². The molecule has 98 valence electrons. The fourth-order valence-electron chi connectivity index (χ4n) is 2.14. The van der Waals surface area contributed by atoms with Crippen molar-refractivity contribution in [1.82, 2.24) is 0 Å². The van der Waals surface area contributed by atoms with Crippen LogP contribution in [0.15, 0.2) is 12.2 Å². The van der Waals surface area contributed by atoms with Crippen LogP contribution in [0.4, 0.5) is 13.2 Å². The fraction of sp³-hybridized carbons (Fsp3) is 0.750. The lowest BCUT2D eigenvalue weighted by atomic mass is 9.93. The summed E-state index contributed by atoms with van der Waals surface area (Å²) in [7, 11) is 0. The summed E-state index contributed by atoms with van der Waals surface area (Å²) in [5, 5.41) is 0. The Labute approximate surface area is 98.8 Å². The van der Waals surface area contributed by atoms with Gasteiger partial charge in [-0.1, -0.05) is 6.58 Å². The highest BCUT2D eigenvalue weighted by Gasteiger charge is 2.46. The summed E-state index contributed by atoms with van der Waals surface area (Å²) in [4.78, 5) is 11.4. The monoisotopic (exact) mass is 250 g/mol. The number of carbonyl (C=O) groups excluding carboxylic acids is 1. The number of hydrogen-bond donors (Lipinski definition) is 0. The second-order valence-corrected chi connectivity index (χ2v) is 4.73. The van der Waals surface area contributed by atoms with Crippen molar-refractivity contribution in [2.24, 2.45) is 0 Å². The first-order chi connectivity index (χ1) is 7.80. The van der Waals surface area contributed by atoms with Gasteiger partial charge in [-0.25, -0.2) is 18.0 Å². The van der Waals surface area contributed by atoms with Gasteiger partial charge in [-0.3, -0.25) is 0 Å². The van der Waals surface area contributed by atoms with Gasteiger partial charge >= 0.3 is 5.97 Å². The maximum atomic E-state index is 13.1. The molecule has 2 nitrogen and oxygen atoms in total. The molecule has 0 bridgehead atoms. The van der Waals surface area contributed by atoms with Crippen LogP contribution in [0.3, 0.4) is 0 Å². The molecule has 1 saturated carbocycles. The van der Waals surface area contributed by atoms with Crippen LogP contribution in [0.25, 0.3) is 0 Å². The van der Waals surface area contributed by atoms with Crippen molar-refractivity contribution in [3.8, 4) is 0 Å². The van der Waals surface area contributed by atoms with E-state index in [9.17, 15) is 18.0 Å². The van der Waals surface area contributed by atoms with E-state index >= 15 is 0 Å². The first-order valence-electron chi connectivity index (χ1n) is 5.63. The van der Waals surface area contributed by atoms with Crippen LogP contribution < -0.4 is 0 Å². The fourth-order valence-corrected chi connectivity index (χ4v) is 2.14. The van der Waals surface area contributed by atoms with Crippen molar-refractivity contribution >= 4 is 5.97 Å². The summed E-state index contributed by atoms with van der Waals surface area (Å²) < 4.78 is 43.5. The van der Waals surface area contributed by atoms with E-state index in [0.29, 0.717) is 25.7 Å². The molecule has 0 radical (unpaired) electrons. The number of alkyl halides is 3. The molecular weight excluding hydrogens is 233 g/mol. The van der Waals surface area contributed by atoms with Gasteiger partial charge in [0.2, 0.25) is 0 Å². The van der Waals surface area contributed by atoms with Crippen molar-refractivity contribution in [2.75, 3.05) is 6.67 Å². The Bertz CT molecular complexity index is 307. The summed E-state index contributed by atoms with van der Waals surface area (Å²) in [5.41, 5.74) is -1.05. The molecule has 1 fully saturated rings. The Morgan fingerprint density at radius 3 is 2.35 bits per heavy atom. The van der Waals surface area contributed by atoms with E-state index in [0.717, 1.165) is 0 Å². The third kappa shape index (κ3) is 3.75. The maximum absolute atomic E-state index is 13.1. The summed E-state index contributed by atoms with van der Waals surface area (Å²) in [6.45, 7) is 3.14. The quantitative estimate of drug-likeness (QED) is 0.552. The molecule has 1 aliphatic rings. The lowest BCUT2D eigenvalue weighted by Crippen LogP contribution is -2.39. The number of rotatable bonds is 5. The van der Waals surface area contributed by atoms with E-state index < -0.39 is 30.6 Å². The number of carbonyl (C=O) groups is 1. The standard InChI is InChI=1S/C12H17F3O2/c1-9(2)10(16)17-11(5-3-4-6-11)7-12(14,15)8-13/h1,3-8H2,2H3. The molecule has 5 heteroatoms. The SMILES string of the molecule is C=C(C)C(=O)OC1(CC(F)(F)CF)CCCC1. The molecule has 0 spiro atoms. The number of hydrogen-bond acceptors (Lipinski definition) is 2. The molecule has 0 saturated heterocycles. The van der Waals surface area contributed by atoms with Gasteiger partial charge in [0.05, 0.1) is 6.42 Å². The average molecular weight is 250 g/mol. The minimum Gasteiger partial charge on any atom is -0.456 e. The normalized spacial score (nSPS) is 19.1. The Morgan fingerprint density at radius 1 is 1.41 bits per heavy atom. The molecule has 0 amide bonds. The molecule has 0 unspecified atom stereocenters. The zero-order chi connectivity index (χ0) is 13.1. The van der Waals surface area contributed by atoms with Crippen LogP contribution in [0.2, 0.25) is 0 Å². The van der Waals surface area contributed by atoms with Crippen LogP contribution in [0, 0.1) is 0 Å². The van der Waals surface area contributed by atoms with Gasteiger partial charge < -0.3 is 4.74 Å². The third-order valence-electron chi connectivity index (χ3n) is 2.95. The van der Waals surface area contributed by atoms with Crippen LogP contribution >= 0.6 is 0 Å². The summed E-state index contributed by atoms with van der Waals surface area (Å²) in [6.07, 6.45) is 1.41. The molecular formula is C12H17F3O2. The van der Waals surface area contributed by atoms with Gasteiger partial charge in [0, 0.05) is 5.57 Å². The first kappa shape index (κ1) is 14.1. The van der Waals surface area contributed by atoms with Gasteiger partial charge in [-0.2, -0.15) is 0 Å². The van der Waals surface area contributed by atoms with Crippen molar-refractivity contribution in [1.29, 1.82) is 0 Å². The zero-order valence-electron chi connectivity index (χ0n) is 9.90. The smallest absolute Gasteiger partial charge is 0.333 e. The van der Waals surface area contributed by atoms with E-state index in [1.165, 1.54) is 6.92 Å². The highest BCUT2D eigenvalue weighted by atomic mass is 19.3. The van der Waals surface area contributed by atoms with Crippen LogP contribution in [0.1, 0.15) is 39.0 Å². The Kier molecular flexibility index (Phi) is 4.22. The maximum Gasteiger partial charge on any atom is 0.333 e. The van der Waals surface area contributed by atoms with Crippen molar-refractivity contribution < 1.29 is 22.7 Å². The number of ether oxygens (including phenoxy) is 1. The second-order valence-electron chi connectivity index (χ2n) is 4.73. The van der Waals surface area contributed by atoms with Crippen molar-refractivity contribution in [3.63, 3.8) is 0 Å². The van der Waals surface area contributed by atoms with Gasteiger partial charge in [-0.05, 0) is 32.6 Å². The van der Waals surface area contributed by atoms with Crippen LogP contribution in [0.5, 0.6) is 0 Å². The van der Waals surface area contributed by atoms with E-state index in [4.69, 9.17) is 4.74 Å². The largest absolute Gasteiger partial charge is 0.456 e. The van der Waals surface area contributed by atoms with Crippen LogP contribution in [-0.2, 0) is 9.53 Å². The van der Waals surface area contributed by atoms with Crippen molar-refractivity contribution in [2.45, 2.75) is 50.6 Å². The minimum atomic E-state index is -3.43. The third-order valence-corrected chi connectivity index (χ3v) is 2.95. The predicted octanol–water partition coefficient (Wildman–Crippen LogP) is 3.41. The van der Waals surface area contributed by atoms with Gasteiger partial charge in [0.1, 0.15) is 5.60 Å². The molecule has 0 aromatic rings. The molecule has 0 aliphatic heterocycles. The molecule has 0 aromatic heterocycles. The van der Waals surface area contributed by atoms with Gasteiger partial charge in [0.25, 0.3) is 5.92 Å². The highest BCUT2D eigenvalue weighted by molar-refractivity contribution is 5.87. The Hall–Kier alpha value is -1.00. The molecule has 0 atom stereocenters. The average Bonchev–Trinajstić information content (AvgIpc) is 2.65. The predicted molar refractivity (Wildman–Crippen MR) is 57.6 cm³/mol. The molecule has 0 N–H and O–H groups in total.